The maximum Gasteiger partial charge on any atom is 0.258 e. The van der Waals surface area contributed by atoms with Crippen LogP contribution >= 0.6 is 0 Å². The van der Waals surface area contributed by atoms with E-state index in [0.29, 0.717) is 24.1 Å². The van der Waals surface area contributed by atoms with Crippen LogP contribution in [0.15, 0.2) is 42.7 Å². The molecule has 0 spiro atoms. The lowest BCUT2D eigenvalue weighted by Gasteiger charge is -2.38. The first kappa shape index (κ1) is 24.2. The van der Waals surface area contributed by atoms with Crippen molar-refractivity contribution in [3.63, 3.8) is 0 Å². The minimum absolute atomic E-state index is 0.0368. The molecule has 2 aromatic carbocycles. The van der Waals surface area contributed by atoms with Crippen molar-refractivity contribution < 1.29 is 22.4 Å². The normalized spacial score (nSPS) is 19.9. The van der Waals surface area contributed by atoms with Crippen LogP contribution in [0.1, 0.15) is 48.0 Å². The van der Waals surface area contributed by atoms with Crippen molar-refractivity contribution in [2.75, 3.05) is 23.3 Å². The van der Waals surface area contributed by atoms with Gasteiger partial charge in [-0.25, -0.2) is 17.6 Å². The summed E-state index contributed by atoms with van der Waals surface area (Å²) in [6.07, 6.45) is 6.17. The van der Waals surface area contributed by atoms with E-state index in [9.17, 15) is 18.0 Å². The second-order valence-corrected chi connectivity index (χ2v) is 9.74. The van der Waals surface area contributed by atoms with Crippen molar-refractivity contribution in [1.29, 1.82) is 0 Å². The third kappa shape index (κ3) is 4.55. The number of hydrogen-bond donors (Lipinski definition) is 2. The summed E-state index contributed by atoms with van der Waals surface area (Å²) in [5, 5.41) is 2.71. The third-order valence-corrected chi connectivity index (χ3v) is 6.77. The molecule has 5 rings (SSSR count). The number of aromatic nitrogens is 1. The number of carbonyl (C=O) groups is 1. The molecule has 5 nitrogen and oxygen atoms in total. The van der Waals surface area contributed by atoms with E-state index in [1.165, 1.54) is 6.20 Å². The van der Waals surface area contributed by atoms with Gasteiger partial charge < -0.3 is 16.0 Å². The van der Waals surface area contributed by atoms with Crippen LogP contribution in [0.4, 0.5) is 28.9 Å². The lowest BCUT2D eigenvalue weighted by molar-refractivity contribution is 0.102. The molecule has 2 heterocycles. The van der Waals surface area contributed by atoms with Crippen molar-refractivity contribution in [3.05, 3.63) is 77.1 Å². The second-order valence-electron chi connectivity index (χ2n) is 9.74. The highest BCUT2D eigenvalue weighted by atomic mass is 19.1. The number of carbonyl (C=O) groups excluding carboxylic acids is 1. The first-order chi connectivity index (χ1) is 17.2. The minimum atomic E-state index is -1.35. The van der Waals surface area contributed by atoms with E-state index in [1.54, 1.807) is 6.20 Å². The van der Waals surface area contributed by atoms with Gasteiger partial charge in [-0.15, -0.1) is 0 Å². The van der Waals surface area contributed by atoms with Gasteiger partial charge in [0.15, 0.2) is 0 Å². The van der Waals surface area contributed by atoms with E-state index in [1.807, 2.05) is 0 Å². The number of nitrogens with two attached hydrogens (primary N) is 1. The number of nitrogens with zero attached hydrogens (tertiary/aromatic N) is 2. The number of benzene rings is 2. The Labute approximate surface area is 206 Å². The predicted octanol–water partition coefficient (Wildman–Crippen LogP) is 5.61. The van der Waals surface area contributed by atoms with E-state index in [2.05, 4.69) is 22.1 Å². The van der Waals surface area contributed by atoms with E-state index in [-0.39, 0.29) is 6.04 Å². The SMILES string of the molecule is C[C@@H]1C[C@H](N)CN(c2c(NC(=O)c3ccc(F)c(-c4c(F)cccc4F)c3F)cncc2C2CC2)C1. The maximum absolute atomic E-state index is 15.4. The Morgan fingerprint density at radius 2 is 1.69 bits per heavy atom. The van der Waals surface area contributed by atoms with Crippen LogP contribution < -0.4 is 16.0 Å². The molecule has 1 aromatic heterocycles. The van der Waals surface area contributed by atoms with Crippen LogP contribution in [-0.4, -0.2) is 30.0 Å². The van der Waals surface area contributed by atoms with Gasteiger partial charge in [-0.05, 0) is 60.9 Å². The highest BCUT2D eigenvalue weighted by molar-refractivity contribution is 6.07. The first-order valence-electron chi connectivity index (χ1n) is 12.0. The summed E-state index contributed by atoms with van der Waals surface area (Å²) in [7, 11) is 0. The van der Waals surface area contributed by atoms with Gasteiger partial charge in [-0.3, -0.25) is 9.78 Å². The molecular formula is C27H26F4N4O. The molecular weight excluding hydrogens is 472 g/mol. The molecule has 2 aliphatic rings. The van der Waals surface area contributed by atoms with Crippen molar-refractivity contribution in [1.82, 2.24) is 4.98 Å². The Morgan fingerprint density at radius 1 is 1.00 bits per heavy atom. The maximum atomic E-state index is 15.4. The Balaban J connectivity index is 1.54. The van der Waals surface area contributed by atoms with Gasteiger partial charge in [0.05, 0.1) is 34.3 Å². The standard InChI is InChI=1S/C27H26F4N4O/c1-14-9-16(32)13-35(12-14)26-18(15-5-6-15)10-33-11-22(26)34-27(36)17-7-8-21(30)24(25(17)31)23-19(28)3-2-4-20(23)29/h2-4,7-8,10-11,14-16H,5-6,9,12-13,32H2,1H3,(H,34,36)/t14-,16+/m1/s1. The van der Waals surface area contributed by atoms with Crippen molar-refractivity contribution in [3.8, 4) is 11.1 Å². The lowest BCUT2D eigenvalue weighted by atomic mass is 9.95. The van der Waals surface area contributed by atoms with E-state index in [0.717, 1.165) is 67.4 Å². The van der Waals surface area contributed by atoms with E-state index in [4.69, 9.17) is 5.73 Å². The molecule has 2 fully saturated rings. The summed E-state index contributed by atoms with van der Waals surface area (Å²) in [5.41, 5.74) is 6.11. The smallest absolute Gasteiger partial charge is 0.258 e. The highest BCUT2D eigenvalue weighted by Crippen LogP contribution is 2.47. The van der Waals surface area contributed by atoms with Gasteiger partial charge in [0.2, 0.25) is 0 Å². The van der Waals surface area contributed by atoms with Crippen molar-refractivity contribution in [2.45, 2.75) is 38.1 Å². The highest BCUT2D eigenvalue weighted by Gasteiger charge is 2.33. The Kier molecular flexibility index (Phi) is 6.42. The van der Waals surface area contributed by atoms with Crippen LogP contribution in [0, 0.1) is 29.2 Å². The minimum Gasteiger partial charge on any atom is -0.368 e. The molecule has 3 aromatic rings. The molecule has 1 aliphatic carbocycles. The van der Waals surface area contributed by atoms with Crippen LogP contribution in [0.5, 0.6) is 0 Å². The first-order valence-corrected chi connectivity index (χ1v) is 12.0. The largest absolute Gasteiger partial charge is 0.368 e. The molecule has 1 saturated carbocycles. The molecule has 2 atom stereocenters. The molecule has 1 amide bonds. The van der Waals surface area contributed by atoms with Gasteiger partial charge in [-0.1, -0.05) is 13.0 Å². The van der Waals surface area contributed by atoms with Gasteiger partial charge in [0.1, 0.15) is 23.3 Å². The van der Waals surface area contributed by atoms with Gasteiger partial charge in [-0.2, -0.15) is 0 Å². The molecule has 9 heteroatoms. The quantitative estimate of drug-likeness (QED) is 0.449. The summed E-state index contributed by atoms with van der Waals surface area (Å²) in [6, 6.07) is 4.63. The van der Waals surface area contributed by atoms with Crippen LogP contribution in [-0.2, 0) is 0 Å². The fraction of sp³-hybridized carbons (Fsp3) is 0.333. The topological polar surface area (TPSA) is 71.2 Å². The van der Waals surface area contributed by atoms with E-state index < -0.39 is 45.9 Å². The average molecular weight is 499 g/mol. The molecule has 1 saturated heterocycles. The number of piperidine rings is 1. The number of anilines is 2. The molecule has 3 N–H and O–H groups in total. The number of nitrogens with one attached hydrogen (secondary N) is 1. The monoisotopic (exact) mass is 498 g/mol. The van der Waals surface area contributed by atoms with Gasteiger partial charge in [0.25, 0.3) is 5.91 Å². The third-order valence-electron chi connectivity index (χ3n) is 6.77. The van der Waals surface area contributed by atoms with Crippen LogP contribution in [0.25, 0.3) is 11.1 Å². The fourth-order valence-electron chi connectivity index (χ4n) is 5.07. The molecule has 0 radical (unpaired) electrons. The molecule has 36 heavy (non-hydrogen) atoms. The fourth-order valence-corrected chi connectivity index (χ4v) is 5.07. The van der Waals surface area contributed by atoms with E-state index >= 15 is 4.39 Å². The summed E-state index contributed by atoms with van der Waals surface area (Å²) < 4.78 is 58.6. The molecule has 188 valence electrons. The number of rotatable bonds is 5. The summed E-state index contributed by atoms with van der Waals surface area (Å²) in [6.45, 7) is 3.44. The van der Waals surface area contributed by atoms with Crippen molar-refractivity contribution in [2.24, 2.45) is 11.7 Å². The number of halogens is 4. The Morgan fingerprint density at radius 3 is 2.36 bits per heavy atom. The van der Waals surface area contributed by atoms with Crippen LogP contribution in [0.3, 0.4) is 0 Å². The summed E-state index contributed by atoms with van der Waals surface area (Å²) in [5.74, 6) is -5.02. The molecule has 0 unspecified atom stereocenters. The Hall–Kier alpha value is -3.46. The second kappa shape index (κ2) is 9.54. The Bertz CT molecular complexity index is 1300. The molecule has 0 bridgehead atoms. The number of hydrogen-bond acceptors (Lipinski definition) is 4. The van der Waals surface area contributed by atoms with Gasteiger partial charge in [0, 0.05) is 25.3 Å². The zero-order valence-electron chi connectivity index (χ0n) is 19.7. The van der Waals surface area contributed by atoms with Crippen LogP contribution in [0.2, 0.25) is 0 Å². The molecule has 1 aliphatic heterocycles. The van der Waals surface area contributed by atoms with Crippen molar-refractivity contribution >= 4 is 17.3 Å². The number of pyridine rings is 1. The summed E-state index contributed by atoms with van der Waals surface area (Å²) in [4.78, 5) is 19.6. The lowest BCUT2D eigenvalue weighted by Crippen LogP contribution is -2.47. The average Bonchev–Trinajstić information content (AvgIpc) is 3.65. The summed E-state index contributed by atoms with van der Waals surface area (Å²) >= 11 is 0. The predicted molar refractivity (Wildman–Crippen MR) is 130 cm³/mol. The van der Waals surface area contributed by atoms with Gasteiger partial charge >= 0.3 is 0 Å². The number of amides is 1. The zero-order valence-corrected chi connectivity index (χ0v) is 19.7. The zero-order chi connectivity index (χ0) is 25.6.